The highest BCUT2D eigenvalue weighted by molar-refractivity contribution is 5.76. The Balaban J connectivity index is 2.41. The zero-order valence-electron chi connectivity index (χ0n) is 11.0. The molecule has 1 fully saturated rings. The van der Waals surface area contributed by atoms with Crippen LogP contribution in [0.2, 0.25) is 0 Å². The Hall–Kier alpha value is -1.91. The van der Waals surface area contributed by atoms with Gasteiger partial charge in [-0.25, -0.2) is 9.18 Å². The van der Waals surface area contributed by atoms with Crippen molar-refractivity contribution in [3.63, 3.8) is 0 Å². The third-order valence-corrected chi connectivity index (χ3v) is 3.64. The Morgan fingerprint density at radius 1 is 1.53 bits per heavy atom. The van der Waals surface area contributed by atoms with Gasteiger partial charge in [0.25, 0.3) is 0 Å². The van der Waals surface area contributed by atoms with Crippen LogP contribution >= 0.6 is 0 Å². The third kappa shape index (κ3) is 2.45. The Kier molecular flexibility index (Phi) is 3.83. The summed E-state index contributed by atoms with van der Waals surface area (Å²) in [6.07, 6.45) is 1.52. The molecule has 0 saturated carbocycles. The van der Waals surface area contributed by atoms with Gasteiger partial charge < -0.3 is 15.0 Å². The first-order valence-electron chi connectivity index (χ1n) is 6.28. The first-order chi connectivity index (χ1) is 9.08. The van der Waals surface area contributed by atoms with E-state index in [4.69, 9.17) is 0 Å². The van der Waals surface area contributed by atoms with Gasteiger partial charge in [-0.15, -0.1) is 0 Å². The van der Waals surface area contributed by atoms with Crippen LogP contribution in [-0.4, -0.2) is 30.8 Å². The van der Waals surface area contributed by atoms with Gasteiger partial charge in [0.2, 0.25) is 0 Å². The second-order valence-corrected chi connectivity index (χ2v) is 4.78. The molecular weight excluding hydrogens is 247 g/mol. The van der Waals surface area contributed by atoms with Crippen LogP contribution in [0, 0.1) is 18.7 Å². The predicted molar refractivity (Wildman–Crippen MR) is 69.2 cm³/mol. The van der Waals surface area contributed by atoms with Crippen LogP contribution < -0.4 is 5.32 Å². The highest BCUT2D eigenvalue weighted by Gasteiger charge is 2.38. The number of nitrogens with one attached hydrogen (secondary N) is 1. The molecule has 2 rings (SSSR count). The number of carbonyl (C=O) groups is 2. The van der Waals surface area contributed by atoms with E-state index >= 15 is 0 Å². The monoisotopic (exact) mass is 264 g/mol. The predicted octanol–water partition coefficient (Wildman–Crippen LogP) is 2.04. The summed E-state index contributed by atoms with van der Waals surface area (Å²) in [7, 11) is 1.56. The SMILES string of the molecule is CNC(=O)N1CCC(C=O)[C@@H]1c1ccc(F)cc1C. The van der Waals surface area contributed by atoms with Gasteiger partial charge in [0.1, 0.15) is 12.1 Å². The number of benzene rings is 1. The summed E-state index contributed by atoms with van der Waals surface area (Å²) in [5.41, 5.74) is 1.59. The van der Waals surface area contributed by atoms with E-state index in [1.165, 1.54) is 12.1 Å². The van der Waals surface area contributed by atoms with Gasteiger partial charge >= 0.3 is 6.03 Å². The highest BCUT2D eigenvalue weighted by Crippen LogP contribution is 2.37. The molecule has 0 radical (unpaired) electrons. The van der Waals surface area contributed by atoms with Crippen molar-refractivity contribution in [2.24, 2.45) is 5.92 Å². The molecule has 0 bridgehead atoms. The van der Waals surface area contributed by atoms with Crippen molar-refractivity contribution in [1.82, 2.24) is 10.2 Å². The molecule has 0 aromatic heterocycles. The number of hydrogen-bond donors (Lipinski definition) is 1. The molecule has 0 spiro atoms. The molecule has 0 aliphatic carbocycles. The molecule has 1 aliphatic rings. The maximum Gasteiger partial charge on any atom is 0.317 e. The second kappa shape index (κ2) is 5.38. The summed E-state index contributed by atoms with van der Waals surface area (Å²) in [6, 6.07) is 3.94. The molecular formula is C14H17FN2O2. The number of aryl methyl sites for hydroxylation is 1. The van der Waals surface area contributed by atoms with Gasteiger partial charge in [-0.2, -0.15) is 0 Å². The molecule has 19 heavy (non-hydrogen) atoms. The first kappa shape index (κ1) is 13.5. The summed E-state index contributed by atoms with van der Waals surface area (Å²) in [4.78, 5) is 24.7. The van der Waals surface area contributed by atoms with Crippen LogP contribution in [0.4, 0.5) is 9.18 Å². The first-order valence-corrected chi connectivity index (χ1v) is 6.28. The molecule has 2 amide bonds. The van der Waals surface area contributed by atoms with Gasteiger partial charge in [-0.05, 0) is 36.6 Å². The molecule has 5 heteroatoms. The van der Waals surface area contributed by atoms with Crippen LogP contribution in [0.3, 0.4) is 0 Å². The van der Waals surface area contributed by atoms with Gasteiger partial charge in [-0.3, -0.25) is 0 Å². The van der Waals surface area contributed by atoms with Crippen molar-refractivity contribution in [2.45, 2.75) is 19.4 Å². The van der Waals surface area contributed by atoms with Crippen LogP contribution in [0.25, 0.3) is 0 Å². The molecule has 1 heterocycles. The van der Waals surface area contributed by atoms with Crippen molar-refractivity contribution in [2.75, 3.05) is 13.6 Å². The zero-order valence-corrected chi connectivity index (χ0v) is 11.0. The van der Waals surface area contributed by atoms with Gasteiger partial charge in [0.05, 0.1) is 6.04 Å². The van der Waals surface area contributed by atoms with Crippen LogP contribution in [0.15, 0.2) is 18.2 Å². The van der Waals surface area contributed by atoms with Crippen molar-refractivity contribution >= 4 is 12.3 Å². The minimum atomic E-state index is -0.312. The van der Waals surface area contributed by atoms with Crippen molar-refractivity contribution in [1.29, 1.82) is 0 Å². The fraction of sp³-hybridized carbons (Fsp3) is 0.429. The summed E-state index contributed by atoms with van der Waals surface area (Å²) in [5, 5.41) is 2.58. The molecule has 1 N–H and O–H groups in total. The summed E-state index contributed by atoms with van der Waals surface area (Å²) in [6.45, 7) is 2.32. The fourth-order valence-electron chi connectivity index (χ4n) is 2.70. The lowest BCUT2D eigenvalue weighted by atomic mass is 9.92. The van der Waals surface area contributed by atoms with Crippen molar-refractivity contribution < 1.29 is 14.0 Å². The molecule has 4 nitrogen and oxygen atoms in total. The van der Waals surface area contributed by atoms with E-state index in [1.54, 1.807) is 24.9 Å². The average molecular weight is 264 g/mol. The van der Waals surface area contributed by atoms with Gasteiger partial charge in [-0.1, -0.05) is 6.07 Å². The molecule has 1 aliphatic heterocycles. The quantitative estimate of drug-likeness (QED) is 0.831. The van der Waals surface area contributed by atoms with Crippen molar-refractivity contribution in [3.05, 3.63) is 35.1 Å². The summed E-state index contributed by atoms with van der Waals surface area (Å²) in [5.74, 6) is -0.546. The Morgan fingerprint density at radius 3 is 2.84 bits per heavy atom. The van der Waals surface area contributed by atoms with Crippen LogP contribution in [0.1, 0.15) is 23.6 Å². The van der Waals surface area contributed by atoms with E-state index < -0.39 is 0 Å². The summed E-state index contributed by atoms with van der Waals surface area (Å²) >= 11 is 0. The van der Waals surface area contributed by atoms with Gasteiger partial charge in [0.15, 0.2) is 0 Å². The van der Waals surface area contributed by atoms with Gasteiger partial charge in [0, 0.05) is 19.5 Å². The van der Waals surface area contributed by atoms with E-state index in [9.17, 15) is 14.0 Å². The minimum absolute atomic E-state index is 0.210. The maximum absolute atomic E-state index is 13.2. The molecule has 102 valence electrons. The largest absolute Gasteiger partial charge is 0.341 e. The lowest BCUT2D eigenvalue weighted by Crippen LogP contribution is -2.38. The van der Waals surface area contributed by atoms with E-state index in [0.717, 1.165) is 17.4 Å². The molecule has 1 aromatic rings. The Labute approximate surface area is 111 Å². The highest BCUT2D eigenvalue weighted by atomic mass is 19.1. The lowest BCUT2D eigenvalue weighted by molar-refractivity contribution is -0.111. The normalized spacial score (nSPS) is 22.4. The second-order valence-electron chi connectivity index (χ2n) is 4.78. The number of likely N-dealkylation sites (tertiary alicyclic amines) is 1. The van der Waals surface area contributed by atoms with Crippen LogP contribution in [0.5, 0.6) is 0 Å². The maximum atomic E-state index is 13.2. The number of carbonyl (C=O) groups excluding carboxylic acids is 2. The van der Waals surface area contributed by atoms with Crippen LogP contribution in [-0.2, 0) is 4.79 Å². The smallest absolute Gasteiger partial charge is 0.317 e. The molecule has 1 saturated heterocycles. The zero-order chi connectivity index (χ0) is 14.0. The summed E-state index contributed by atoms with van der Waals surface area (Å²) < 4.78 is 13.2. The van der Waals surface area contributed by atoms with E-state index in [-0.39, 0.29) is 23.8 Å². The van der Waals surface area contributed by atoms with Crippen molar-refractivity contribution in [3.8, 4) is 0 Å². The Bertz CT molecular complexity index is 504. The molecule has 1 aromatic carbocycles. The van der Waals surface area contributed by atoms with E-state index in [1.807, 2.05) is 0 Å². The lowest BCUT2D eigenvalue weighted by Gasteiger charge is -2.27. The number of nitrogens with zero attached hydrogens (tertiary/aromatic N) is 1. The number of amides is 2. The third-order valence-electron chi connectivity index (χ3n) is 3.64. The number of rotatable bonds is 2. The van der Waals surface area contributed by atoms with E-state index in [2.05, 4.69) is 5.32 Å². The standard InChI is InChI=1S/C14H17FN2O2/c1-9-7-11(15)3-4-12(9)13-10(8-18)5-6-17(13)14(19)16-2/h3-4,7-8,10,13H,5-6H2,1-2H3,(H,16,19)/t10?,13-/m1/s1. The Morgan fingerprint density at radius 2 is 2.26 bits per heavy atom. The average Bonchev–Trinajstić information content (AvgIpc) is 2.81. The molecule has 1 unspecified atom stereocenters. The number of aldehydes is 1. The number of urea groups is 1. The molecule has 2 atom stereocenters. The number of halogens is 1. The topological polar surface area (TPSA) is 49.4 Å². The van der Waals surface area contributed by atoms with E-state index in [0.29, 0.717) is 13.0 Å². The fourth-order valence-corrected chi connectivity index (χ4v) is 2.70. The minimum Gasteiger partial charge on any atom is -0.341 e. The number of hydrogen-bond acceptors (Lipinski definition) is 2.